The highest BCUT2D eigenvalue weighted by molar-refractivity contribution is 5.46. The van der Waals surface area contributed by atoms with Gasteiger partial charge in [0.05, 0.1) is 5.69 Å². The van der Waals surface area contributed by atoms with Crippen molar-refractivity contribution in [3.8, 4) is 11.6 Å². The lowest BCUT2D eigenvalue weighted by atomic mass is 9.96. The summed E-state index contributed by atoms with van der Waals surface area (Å²) in [5.41, 5.74) is 0.871. The Morgan fingerprint density at radius 1 is 1.15 bits per heavy atom. The highest BCUT2D eigenvalue weighted by Gasteiger charge is 2.33. The predicted molar refractivity (Wildman–Crippen MR) is 124 cm³/mol. The van der Waals surface area contributed by atoms with Crippen LogP contribution in [0.1, 0.15) is 57.7 Å². The molecule has 0 bridgehead atoms. The summed E-state index contributed by atoms with van der Waals surface area (Å²) in [6.07, 6.45) is -2.39. The van der Waals surface area contributed by atoms with E-state index >= 15 is 0 Å². The normalized spacial score (nSPS) is 19.1. The average molecular weight is 469 g/mol. The van der Waals surface area contributed by atoms with Gasteiger partial charge in [-0.05, 0) is 63.4 Å². The van der Waals surface area contributed by atoms with Crippen LogP contribution in [0.2, 0.25) is 0 Å². The summed E-state index contributed by atoms with van der Waals surface area (Å²) in [5.74, 6) is 1.55. The van der Waals surface area contributed by atoms with Crippen LogP contribution in [0, 0.1) is 12.8 Å². The molecule has 1 fully saturated rings. The van der Waals surface area contributed by atoms with Crippen LogP contribution in [0.5, 0.6) is 11.6 Å². The van der Waals surface area contributed by atoms with Gasteiger partial charge >= 0.3 is 6.18 Å². The first kappa shape index (κ1) is 26.7. The molecule has 1 N–H and O–H groups in total. The highest BCUT2D eigenvalue weighted by atomic mass is 19.4. The van der Waals surface area contributed by atoms with Crippen molar-refractivity contribution in [3.05, 3.63) is 41.3 Å². The number of pyridine rings is 2. The molecule has 0 amide bonds. The summed E-state index contributed by atoms with van der Waals surface area (Å²) in [6, 6.07) is 6.71. The van der Waals surface area contributed by atoms with Crippen molar-refractivity contribution in [2.45, 2.75) is 53.8 Å². The highest BCUT2D eigenvalue weighted by Crippen LogP contribution is 2.33. The number of hydrogen-bond acceptors (Lipinski definition) is 6. The molecule has 184 valence electrons. The molecule has 2 atom stereocenters. The number of rotatable bonds is 5. The molecule has 0 aliphatic carbocycles. The maximum atomic E-state index is 13.0. The van der Waals surface area contributed by atoms with Crippen molar-refractivity contribution in [2.24, 2.45) is 5.92 Å². The molecule has 6 nitrogen and oxygen atoms in total. The minimum atomic E-state index is -4.45. The van der Waals surface area contributed by atoms with E-state index in [-0.39, 0.29) is 20.9 Å². The van der Waals surface area contributed by atoms with Gasteiger partial charge in [0.2, 0.25) is 0 Å². The minimum Gasteiger partial charge on any atom is -0.484 e. The zero-order chi connectivity index (χ0) is 22.0. The molecule has 0 radical (unpaired) electrons. The average Bonchev–Trinajstić information content (AvgIpc) is 2.76. The molecule has 4 rings (SSSR count). The molecule has 4 heterocycles. The van der Waals surface area contributed by atoms with Crippen LogP contribution in [-0.2, 0) is 6.18 Å². The van der Waals surface area contributed by atoms with Crippen molar-refractivity contribution in [3.63, 3.8) is 0 Å². The number of alkyl halides is 3. The Bertz CT molecular complexity index is 923. The maximum Gasteiger partial charge on any atom is 0.433 e. The van der Waals surface area contributed by atoms with Gasteiger partial charge in [-0.25, -0.2) is 9.97 Å². The number of hydrogen-bond donors (Lipinski definition) is 1. The molecule has 1 saturated heterocycles. The lowest BCUT2D eigenvalue weighted by Gasteiger charge is -2.37. The van der Waals surface area contributed by atoms with Crippen LogP contribution in [0.4, 0.5) is 18.9 Å². The number of aryl methyl sites for hydroxylation is 1. The Labute approximate surface area is 194 Å². The van der Waals surface area contributed by atoms with Gasteiger partial charge in [-0.15, -0.1) is 0 Å². The van der Waals surface area contributed by atoms with Crippen LogP contribution < -0.4 is 14.8 Å². The molecular weight excluding hydrogens is 433 g/mol. The molecule has 0 unspecified atom stereocenters. The summed E-state index contributed by atoms with van der Waals surface area (Å²) in [7, 11) is 0. The topological polar surface area (TPSA) is 59.5 Å². The van der Waals surface area contributed by atoms with Gasteiger partial charge in [0.15, 0.2) is 5.75 Å². The standard InChI is InChI=1S/C22H27F3N4O2.2CH4/c1-14-10-17(11-20(27-14)22(23,24)25)26-12-16-4-3-7-29(13-16)15(2)18-5-6-19-21(28-18)31-9-8-30-19;;/h5-6,10-11,15-16H,3-4,7-9,12-13H2,1-2H3,(H,26,27);2*1H4/t15-,16+;;/m0../s1. The number of halogens is 3. The number of anilines is 1. The van der Waals surface area contributed by atoms with Gasteiger partial charge < -0.3 is 14.8 Å². The fraction of sp³-hybridized carbons (Fsp3) is 0.583. The summed E-state index contributed by atoms with van der Waals surface area (Å²) in [4.78, 5) is 10.6. The SMILES string of the molecule is C.C.Cc1cc(NC[C@H]2CCCN([C@@H](C)c3ccc4c(n3)OCCO4)C2)cc(C(F)(F)F)n1. The Balaban J connectivity index is 0.00000193. The Morgan fingerprint density at radius 3 is 2.67 bits per heavy atom. The third-order valence-electron chi connectivity index (χ3n) is 5.79. The Kier molecular flexibility index (Phi) is 8.94. The maximum absolute atomic E-state index is 13.0. The molecule has 33 heavy (non-hydrogen) atoms. The van der Waals surface area contributed by atoms with Gasteiger partial charge in [0.1, 0.15) is 18.9 Å². The van der Waals surface area contributed by atoms with E-state index < -0.39 is 11.9 Å². The van der Waals surface area contributed by atoms with Gasteiger partial charge in [0, 0.05) is 30.5 Å². The van der Waals surface area contributed by atoms with Crippen molar-refractivity contribution < 1.29 is 22.6 Å². The second kappa shape index (κ2) is 11.0. The molecule has 2 aromatic heterocycles. The number of ether oxygens (including phenoxy) is 2. The van der Waals surface area contributed by atoms with Crippen molar-refractivity contribution >= 4 is 5.69 Å². The minimum absolute atomic E-state index is 0. The van der Waals surface area contributed by atoms with Gasteiger partial charge in [-0.3, -0.25) is 4.90 Å². The second-order valence-corrected chi connectivity index (χ2v) is 8.18. The monoisotopic (exact) mass is 468 g/mol. The molecule has 0 aromatic carbocycles. The van der Waals surface area contributed by atoms with Crippen LogP contribution in [0.3, 0.4) is 0 Å². The summed E-state index contributed by atoms with van der Waals surface area (Å²) in [6.45, 7) is 7.14. The van der Waals surface area contributed by atoms with E-state index in [9.17, 15) is 13.2 Å². The number of nitrogens with zero attached hydrogens (tertiary/aromatic N) is 3. The number of piperidine rings is 1. The Morgan fingerprint density at radius 2 is 1.91 bits per heavy atom. The fourth-order valence-electron chi connectivity index (χ4n) is 4.16. The van der Waals surface area contributed by atoms with E-state index in [1.54, 1.807) is 13.0 Å². The van der Waals surface area contributed by atoms with E-state index in [2.05, 4.69) is 27.1 Å². The lowest BCUT2D eigenvalue weighted by molar-refractivity contribution is -0.141. The summed E-state index contributed by atoms with van der Waals surface area (Å²) >= 11 is 0. The van der Waals surface area contributed by atoms with Gasteiger partial charge in [0.25, 0.3) is 5.88 Å². The van der Waals surface area contributed by atoms with E-state index in [0.29, 0.717) is 48.7 Å². The largest absolute Gasteiger partial charge is 0.484 e. The molecule has 9 heteroatoms. The summed E-state index contributed by atoms with van der Waals surface area (Å²) < 4.78 is 50.2. The first-order valence-corrected chi connectivity index (χ1v) is 10.6. The van der Waals surface area contributed by atoms with Crippen LogP contribution in [-0.4, -0.2) is 47.7 Å². The van der Waals surface area contributed by atoms with E-state index in [1.165, 1.54) is 0 Å². The number of nitrogens with one attached hydrogen (secondary N) is 1. The first-order chi connectivity index (χ1) is 14.8. The smallest absolute Gasteiger partial charge is 0.433 e. The molecular formula is C24H35F3N4O2. The zero-order valence-electron chi connectivity index (χ0n) is 17.7. The third-order valence-corrected chi connectivity index (χ3v) is 5.79. The van der Waals surface area contributed by atoms with Crippen molar-refractivity contribution in [2.75, 3.05) is 38.2 Å². The van der Waals surface area contributed by atoms with Gasteiger partial charge in [-0.1, -0.05) is 14.9 Å². The molecule has 0 saturated carbocycles. The van der Waals surface area contributed by atoms with E-state index in [4.69, 9.17) is 9.47 Å². The number of aromatic nitrogens is 2. The number of likely N-dealkylation sites (tertiary alicyclic amines) is 1. The molecule has 2 aliphatic rings. The van der Waals surface area contributed by atoms with Gasteiger partial charge in [-0.2, -0.15) is 13.2 Å². The van der Waals surface area contributed by atoms with Crippen molar-refractivity contribution in [1.82, 2.24) is 14.9 Å². The second-order valence-electron chi connectivity index (χ2n) is 8.18. The lowest BCUT2D eigenvalue weighted by Crippen LogP contribution is -2.39. The predicted octanol–water partition coefficient (Wildman–Crippen LogP) is 5.73. The molecule has 0 spiro atoms. The molecule has 2 aromatic rings. The van der Waals surface area contributed by atoms with Crippen LogP contribution in [0.25, 0.3) is 0 Å². The molecule has 2 aliphatic heterocycles. The zero-order valence-corrected chi connectivity index (χ0v) is 17.7. The summed E-state index contributed by atoms with van der Waals surface area (Å²) in [5, 5.41) is 3.19. The van der Waals surface area contributed by atoms with Crippen LogP contribution in [0.15, 0.2) is 24.3 Å². The van der Waals surface area contributed by atoms with Crippen molar-refractivity contribution in [1.29, 1.82) is 0 Å². The van der Waals surface area contributed by atoms with E-state index in [0.717, 1.165) is 37.7 Å². The van der Waals surface area contributed by atoms with E-state index in [1.807, 2.05) is 12.1 Å². The number of fused-ring (bicyclic) bond motifs is 1. The quantitative estimate of drug-likeness (QED) is 0.605. The Hall–Kier alpha value is -2.55. The van der Waals surface area contributed by atoms with Crippen LogP contribution >= 0.6 is 0 Å². The third kappa shape index (κ3) is 6.50. The first-order valence-electron chi connectivity index (χ1n) is 10.6. The fourth-order valence-corrected chi connectivity index (χ4v) is 4.16.